The van der Waals surface area contributed by atoms with Gasteiger partial charge in [0, 0.05) is 11.3 Å². The molecule has 0 aliphatic heterocycles. The third kappa shape index (κ3) is 5.49. The normalized spacial score (nSPS) is 12.2. The third-order valence-electron chi connectivity index (χ3n) is 3.92. The average molecular weight is 453 g/mol. The van der Waals surface area contributed by atoms with E-state index in [1.165, 1.54) is 0 Å². The minimum atomic E-state index is -1.82. The van der Waals surface area contributed by atoms with E-state index in [1.54, 1.807) is 24.3 Å². The molecule has 0 saturated carbocycles. The van der Waals surface area contributed by atoms with Crippen molar-refractivity contribution in [2.45, 2.75) is 9.96 Å². The molecule has 0 heterocycles. The Labute approximate surface area is 183 Å². The van der Waals surface area contributed by atoms with Gasteiger partial charge in [-0.15, -0.1) is 0 Å². The Morgan fingerprint density at radius 3 is 2.18 bits per heavy atom. The second-order valence-corrected chi connectivity index (χ2v) is 8.75. The fourth-order valence-electron chi connectivity index (χ4n) is 2.57. The number of fused-ring (bicyclic) bond motifs is 1. The molecule has 3 aromatic carbocycles. The maximum Gasteiger partial charge on any atom is 0.252 e. The molecular weight excluding hydrogens is 437 g/mol. The lowest BCUT2D eigenvalue weighted by Crippen LogP contribution is -2.56. The number of carbonyl (C=O) groups is 1. The topological polar surface area (TPSA) is 53.2 Å². The summed E-state index contributed by atoms with van der Waals surface area (Å²) < 4.78 is -1.82. The highest BCUT2D eigenvalue weighted by atomic mass is 35.6. The molecule has 0 aliphatic carbocycles. The highest BCUT2D eigenvalue weighted by molar-refractivity contribution is 7.80. The molecule has 4 nitrogen and oxygen atoms in total. The van der Waals surface area contributed by atoms with Gasteiger partial charge in [-0.1, -0.05) is 83.3 Å². The van der Waals surface area contributed by atoms with E-state index >= 15 is 0 Å². The van der Waals surface area contributed by atoms with Gasteiger partial charge in [0.25, 0.3) is 5.91 Å². The predicted octanol–water partition coefficient (Wildman–Crippen LogP) is 5.25. The van der Waals surface area contributed by atoms with Gasteiger partial charge >= 0.3 is 0 Å². The van der Waals surface area contributed by atoms with Crippen molar-refractivity contribution in [3.63, 3.8) is 0 Å². The van der Waals surface area contributed by atoms with Gasteiger partial charge in [-0.05, 0) is 47.3 Å². The number of hydrogen-bond acceptors (Lipinski definition) is 2. The summed E-state index contributed by atoms with van der Waals surface area (Å²) in [5, 5.41) is 10.9. The Morgan fingerprint density at radius 2 is 1.50 bits per heavy atom. The van der Waals surface area contributed by atoms with E-state index in [4.69, 9.17) is 47.0 Å². The van der Waals surface area contributed by atoms with Gasteiger partial charge in [0.2, 0.25) is 3.79 Å². The highest BCUT2D eigenvalue weighted by Crippen LogP contribution is 2.29. The van der Waals surface area contributed by atoms with Crippen LogP contribution in [0.3, 0.4) is 0 Å². The van der Waals surface area contributed by atoms with Gasteiger partial charge in [0.05, 0.1) is 0 Å². The minimum Gasteiger partial charge on any atom is -0.339 e. The lowest BCUT2D eigenvalue weighted by Gasteiger charge is -2.27. The fourth-order valence-corrected chi connectivity index (χ4v) is 3.13. The molecule has 0 aliphatic rings. The number of thiocarbonyl (C=S) groups is 1. The monoisotopic (exact) mass is 451 g/mol. The molecule has 1 amide bonds. The summed E-state index contributed by atoms with van der Waals surface area (Å²) in [4.78, 5) is 12.4. The Kier molecular flexibility index (Phi) is 6.62. The van der Waals surface area contributed by atoms with Gasteiger partial charge in [0.1, 0.15) is 6.17 Å². The van der Waals surface area contributed by atoms with Crippen LogP contribution in [0.15, 0.2) is 72.8 Å². The van der Waals surface area contributed by atoms with E-state index in [2.05, 4.69) is 16.0 Å². The number of rotatable bonds is 4. The van der Waals surface area contributed by atoms with Crippen LogP contribution in [0.5, 0.6) is 0 Å². The summed E-state index contributed by atoms with van der Waals surface area (Å²) in [6, 6.07) is 22.4. The van der Waals surface area contributed by atoms with Gasteiger partial charge in [-0.2, -0.15) is 0 Å². The van der Waals surface area contributed by atoms with Crippen molar-refractivity contribution in [3.8, 4) is 0 Å². The van der Waals surface area contributed by atoms with E-state index in [1.807, 2.05) is 48.5 Å². The van der Waals surface area contributed by atoms with Crippen molar-refractivity contribution >= 4 is 74.5 Å². The Balaban J connectivity index is 1.69. The van der Waals surface area contributed by atoms with Gasteiger partial charge in [-0.3, -0.25) is 4.79 Å². The second kappa shape index (κ2) is 8.97. The summed E-state index contributed by atoms with van der Waals surface area (Å²) in [6.45, 7) is 0. The van der Waals surface area contributed by atoms with Crippen molar-refractivity contribution in [2.75, 3.05) is 5.32 Å². The molecule has 0 fully saturated rings. The van der Waals surface area contributed by atoms with Crippen molar-refractivity contribution in [3.05, 3.63) is 78.4 Å². The molecule has 1 atom stereocenters. The van der Waals surface area contributed by atoms with Crippen molar-refractivity contribution in [2.24, 2.45) is 0 Å². The summed E-state index contributed by atoms with van der Waals surface area (Å²) in [7, 11) is 0. The molecule has 0 bridgehead atoms. The van der Waals surface area contributed by atoms with E-state index in [9.17, 15) is 4.79 Å². The first-order chi connectivity index (χ1) is 13.3. The number of halogens is 3. The van der Waals surface area contributed by atoms with Gasteiger partial charge in [0.15, 0.2) is 5.11 Å². The number of hydrogen-bond donors (Lipinski definition) is 3. The number of benzene rings is 3. The second-order valence-electron chi connectivity index (χ2n) is 5.97. The molecular formula is C20H16Cl3N3OS. The molecule has 8 heteroatoms. The van der Waals surface area contributed by atoms with Crippen LogP contribution >= 0.6 is 47.0 Å². The smallest absolute Gasteiger partial charge is 0.252 e. The zero-order valence-corrected chi connectivity index (χ0v) is 17.5. The molecule has 3 rings (SSSR count). The summed E-state index contributed by atoms with van der Waals surface area (Å²) in [6.07, 6.45) is -1.04. The standard InChI is InChI=1S/C20H16Cl3N3OS/c21-20(22,23)18(25-17(27)14-7-2-1-3-8-14)26-19(28)24-16-11-10-13-6-4-5-9-15(13)12-16/h1-12,18H,(H,25,27)(H2,24,26,28)/t18-/m0/s1. The first kappa shape index (κ1) is 20.7. The van der Waals surface area contributed by atoms with Crippen LogP contribution in [-0.2, 0) is 0 Å². The van der Waals surface area contributed by atoms with Gasteiger partial charge < -0.3 is 16.0 Å². The summed E-state index contributed by atoms with van der Waals surface area (Å²) >= 11 is 23.4. The van der Waals surface area contributed by atoms with Crippen molar-refractivity contribution in [1.82, 2.24) is 10.6 Å². The minimum absolute atomic E-state index is 0.208. The molecule has 3 N–H and O–H groups in total. The highest BCUT2D eigenvalue weighted by Gasteiger charge is 2.34. The number of amides is 1. The quantitative estimate of drug-likeness (QED) is 0.287. The van der Waals surface area contributed by atoms with Crippen LogP contribution in [0.25, 0.3) is 10.8 Å². The van der Waals surface area contributed by atoms with Crippen LogP contribution in [0.2, 0.25) is 0 Å². The molecule has 144 valence electrons. The first-order valence-corrected chi connectivity index (χ1v) is 9.86. The van der Waals surface area contributed by atoms with Crippen LogP contribution in [0, 0.1) is 0 Å². The Hall–Kier alpha value is -2.05. The molecule has 0 radical (unpaired) electrons. The average Bonchev–Trinajstić information content (AvgIpc) is 2.67. The fraction of sp³-hybridized carbons (Fsp3) is 0.100. The largest absolute Gasteiger partial charge is 0.339 e. The summed E-state index contributed by atoms with van der Waals surface area (Å²) in [5.74, 6) is -0.391. The number of carbonyl (C=O) groups excluding carboxylic acids is 1. The molecule has 0 aromatic heterocycles. The number of anilines is 1. The van der Waals surface area contributed by atoms with Crippen molar-refractivity contribution < 1.29 is 4.79 Å². The van der Waals surface area contributed by atoms with E-state index in [0.717, 1.165) is 16.5 Å². The van der Waals surface area contributed by atoms with E-state index in [-0.39, 0.29) is 5.11 Å². The number of alkyl halides is 3. The maximum atomic E-state index is 12.4. The summed E-state index contributed by atoms with van der Waals surface area (Å²) in [5.41, 5.74) is 1.21. The number of nitrogens with one attached hydrogen (secondary N) is 3. The van der Waals surface area contributed by atoms with Crippen LogP contribution in [-0.4, -0.2) is 21.0 Å². The lowest BCUT2D eigenvalue weighted by atomic mass is 10.1. The molecule has 0 unspecified atom stereocenters. The SMILES string of the molecule is O=C(N[C@@H](NC(=S)Nc1ccc2ccccc2c1)C(Cl)(Cl)Cl)c1ccccc1. The lowest BCUT2D eigenvalue weighted by molar-refractivity contribution is 0.0934. The maximum absolute atomic E-state index is 12.4. The van der Waals surface area contributed by atoms with Crippen LogP contribution in [0.4, 0.5) is 5.69 Å². The molecule has 0 spiro atoms. The van der Waals surface area contributed by atoms with Gasteiger partial charge in [-0.25, -0.2) is 0 Å². The molecule has 3 aromatic rings. The Bertz CT molecular complexity index is 993. The van der Waals surface area contributed by atoms with E-state index < -0.39 is 15.9 Å². The first-order valence-electron chi connectivity index (χ1n) is 8.32. The molecule has 0 saturated heterocycles. The third-order valence-corrected chi connectivity index (χ3v) is 4.80. The zero-order chi connectivity index (χ0) is 20.1. The van der Waals surface area contributed by atoms with Crippen molar-refractivity contribution in [1.29, 1.82) is 0 Å². The van der Waals surface area contributed by atoms with Crippen LogP contribution in [0.1, 0.15) is 10.4 Å². The van der Waals surface area contributed by atoms with Crippen LogP contribution < -0.4 is 16.0 Å². The predicted molar refractivity (Wildman–Crippen MR) is 121 cm³/mol. The zero-order valence-electron chi connectivity index (χ0n) is 14.5. The van der Waals surface area contributed by atoms with E-state index in [0.29, 0.717) is 5.56 Å². The molecule has 28 heavy (non-hydrogen) atoms. The Morgan fingerprint density at radius 1 is 0.857 bits per heavy atom.